The predicted molar refractivity (Wildman–Crippen MR) is 67.8 cm³/mol. The van der Waals surface area contributed by atoms with E-state index < -0.39 is 0 Å². The first-order chi connectivity index (χ1) is 7.25. The van der Waals surface area contributed by atoms with Gasteiger partial charge in [-0.25, -0.2) is 4.68 Å². The van der Waals surface area contributed by atoms with E-state index in [0.29, 0.717) is 5.92 Å². The van der Waals surface area contributed by atoms with Gasteiger partial charge in [0, 0.05) is 16.2 Å². The van der Waals surface area contributed by atoms with Gasteiger partial charge in [-0.2, -0.15) is 5.10 Å². The van der Waals surface area contributed by atoms with E-state index in [2.05, 4.69) is 27.7 Å². The van der Waals surface area contributed by atoms with E-state index >= 15 is 0 Å². The molecule has 1 fully saturated rings. The van der Waals surface area contributed by atoms with Gasteiger partial charge >= 0.3 is 0 Å². The van der Waals surface area contributed by atoms with Gasteiger partial charge in [0.2, 0.25) is 0 Å². The van der Waals surface area contributed by atoms with Crippen molar-refractivity contribution in [1.82, 2.24) is 9.78 Å². The topological polar surface area (TPSA) is 34.9 Å². The molecular formula is C11H15IN2O. The summed E-state index contributed by atoms with van der Waals surface area (Å²) >= 11 is 2.12. The maximum atomic E-state index is 11.6. The summed E-state index contributed by atoms with van der Waals surface area (Å²) in [5.41, 5.74) is 0.0347. The first-order valence-corrected chi connectivity index (χ1v) is 6.56. The minimum Gasteiger partial charge on any atom is -0.268 e. The molecule has 0 N–H and O–H groups in total. The van der Waals surface area contributed by atoms with Gasteiger partial charge in [0.05, 0.1) is 6.20 Å². The van der Waals surface area contributed by atoms with Gasteiger partial charge in [-0.05, 0) is 41.4 Å². The smallest absolute Gasteiger partial charge is 0.267 e. The predicted octanol–water partition coefficient (Wildman–Crippen LogP) is 2.43. The summed E-state index contributed by atoms with van der Waals surface area (Å²) in [7, 11) is 0. The molecule has 15 heavy (non-hydrogen) atoms. The van der Waals surface area contributed by atoms with Crippen LogP contribution in [0.4, 0.5) is 0 Å². The van der Waals surface area contributed by atoms with Gasteiger partial charge in [0.1, 0.15) is 0 Å². The summed E-state index contributed by atoms with van der Waals surface area (Å²) in [4.78, 5) is 11.6. The zero-order valence-corrected chi connectivity index (χ0v) is 10.8. The monoisotopic (exact) mass is 318 g/mol. The lowest BCUT2D eigenvalue weighted by Crippen LogP contribution is -2.26. The highest BCUT2D eigenvalue weighted by Gasteiger charge is 2.14. The standard InChI is InChI=1S/C11H15IN2O/c12-10-6-11(15)14(13-7-10)8-9-4-2-1-3-5-9/h6-7,9H,1-5,8H2. The fourth-order valence-electron chi connectivity index (χ4n) is 2.16. The van der Waals surface area contributed by atoms with Crippen molar-refractivity contribution in [2.24, 2.45) is 5.92 Å². The van der Waals surface area contributed by atoms with Crippen molar-refractivity contribution >= 4 is 22.6 Å². The third kappa shape index (κ3) is 3.03. The molecule has 0 aliphatic heterocycles. The van der Waals surface area contributed by atoms with Crippen molar-refractivity contribution in [1.29, 1.82) is 0 Å². The van der Waals surface area contributed by atoms with Crippen LogP contribution in [0, 0.1) is 9.49 Å². The van der Waals surface area contributed by atoms with Crippen molar-refractivity contribution < 1.29 is 0 Å². The molecule has 0 atom stereocenters. The second-order valence-corrected chi connectivity index (χ2v) is 5.44. The Bertz CT molecular complexity index is 382. The Kier molecular flexibility index (Phi) is 3.77. The Balaban J connectivity index is 2.06. The van der Waals surface area contributed by atoms with Gasteiger partial charge in [0.15, 0.2) is 0 Å². The summed E-state index contributed by atoms with van der Waals surface area (Å²) in [6, 6.07) is 1.65. The first kappa shape index (κ1) is 11.1. The van der Waals surface area contributed by atoms with E-state index in [9.17, 15) is 4.79 Å². The Labute approximate surface area is 103 Å². The van der Waals surface area contributed by atoms with Crippen LogP contribution in [0.1, 0.15) is 32.1 Å². The van der Waals surface area contributed by atoms with Crippen molar-refractivity contribution in [3.05, 3.63) is 26.2 Å². The summed E-state index contributed by atoms with van der Waals surface area (Å²) in [5, 5.41) is 4.17. The third-order valence-electron chi connectivity index (χ3n) is 2.99. The van der Waals surface area contributed by atoms with E-state index in [-0.39, 0.29) is 5.56 Å². The molecule has 1 aromatic heterocycles. The van der Waals surface area contributed by atoms with Crippen LogP contribution in [-0.4, -0.2) is 9.78 Å². The number of rotatable bonds is 2. The second-order valence-electron chi connectivity index (χ2n) is 4.20. The van der Waals surface area contributed by atoms with Crippen molar-refractivity contribution in [3.8, 4) is 0 Å². The van der Waals surface area contributed by atoms with Crippen molar-refractivity contribution in [2.75, 3.05) is 0 Å². The second kappa shape index (κ2) is 5.09. The SMILES string of the molecule is O=c1cc(I)cnn1CC1CCCCC1. The Hall–Kier alpha value is -0.390. The molecule has 3 nitrogen and oxygen atoms in total. The van der Waals surface area contributed by atoms with Crippen LogP contribution in [-0.2, 0) is 6.54 Å². The molecule has 0 radical (unpaired) electrons. The van der Waals surface area contributed by atoms with E-state index in [1.54, 1.807) is 16.9 Å². The van der Waals surface area contributed by atoms with Gasteiger partial charge < -0.3 is 0 Å². The average Bonchev–Trinajstić information content (AvgIpc) is 2.24. The quantitative estimate of drug-likeness (QED) is 0.785. The van der Waals surface area contributed by atoms with Crippen LogP contribution < -0.4 is 5.56 Å². The molecule has 0 saturated heterocycles. The summed E-state index contributed by atoms with van der Waals surface area (Å²) in [5.74, 6) is 0.656. The van der Waals surface area contributed by atoms with Crippen LogP contribution in [0.15, 0.2) is 17.1 Å². The molecule has 1 aromatic rings. The molecule has 0 amide bonds. The molecule has 0 spiro atoms. The molecule has 0 bridgehead atoms. The van der Waals surface area contributed by atoms with Gasteiger partial charge in [-0.15, -0.1) is 0 Å². The lowest BCUT2D eigenvalue weighted by Gasteiger charge is -2.21. The number of halogens is 1. The maximum absolute atomic E-state index is 11.6. The highest BCUT2D eigenvalue weighted by molar-refractivity contribution is 14.1. The number of aromatic nitrogens is 2. The summed E-state index contributed by atoms with van der Waals surface area (Å²) in [6.45, 7) is 0.801. The Morgan fingerprint density at radius 3 is 2.80 bits per heavy atom. The molecule has 82 valence electrons. The fraction of sp³-hybridized carbons (Fsp3) is 0.636. The average molecular weight is 318 g/mol. The molecule has 0 aromatic carbocycles. The molecule has 1 aliphatic rings. The lowest BCUT2D eigenvalue weighted by atomic mass is 9.89. The van der Waals surface area contributed by atoms with Crippen LogP contribution in [0.2, 0.25) is 0 Å². The number of hydrogen-bond acceptors (Lipinski definition) is 2. The Morgan fingerprint density at radius 1 is 1.40 bits per heavy atom. The third-order valence-corrected chi connectivity index (χ3v) is 3.58. The highest BCUT2D eigenvalue weighted by Crippen LogP contribution is 2.24. The van der Waals surface area contributed by atoms with Crippen molar-refractivity contribution in [2.45, 2.75) is 38.6 Å². The van der Waals surface area contributed by atoms with E-state index in [1.807, 2.05) is 0 Å². The maximum Gasteiger partial charge on any atom is 0.267 e. The molecule has 0 unspecified atom stereocenters. The highest BCUT2D eigenvalue weighted by atomic mass is 127. The normalized spacial score (nSPS) is 17.9. The number of hydrogen-bond donors (Lipinski definition) is 0. The number of nitrogens with zero attached hydrogens (tertiary/aromatic N) is 2. The van der Waals surface area contributed by atoms with Crippen LogP contribution in [0.5, 0.6) is 0 Å². The van der Waals surface area contributed by atoms with Crippen LogP contribution >= 0.6 is 22.6 Å². The van der Waals surface area contributed by atoms with Crippen molar-refractivity contribution in [3.63, 3.8) is 0 Å². The molecular weight excluding hydrogens is 303 g/mol. The minimum absolute atomic E-state index is 0.0347. The van der Waals surface area contributed by atoms with Crippen LogP contribution in [0.3, 0.4) is 0 Å². The first-order valence-electron chi connectivity index (χ1n) is 5.48. The summed E-state index contributed by atoms with van der Waals surface area (Å²) in [6.07, 6.45) is 8.23. The van der Waals surface area contributed by atoms with Gasteiger partial charge in [-0.3, -0.25) is 4.79 Å². The van der Waals surface area contributed by atoms with E-state index in [4.69, 9.17) is 0 Å². The molecule has 1 saturated carbocycles. The fourth-order valence-corrected chi connectivity index (χ4v) is 2.55. The molecule has 1 heterocycles. The zero-order valence-electron chi connectivity index (χ0n) is 8.66. The molecule has 1 aliphatic carbocycles. The van der Waals surface area contributed by atoms with Gasteiger partial charge in [-0.1, -0.05) is 19.3 Å². The van der Waals surface area contributed by atoms with Gasteiger partial charge in [0.25, 0.3) is 5.56 Å². The summed E-state index contributed by atoms with van der Waals surface area (Å²) < 4.78 is 2.52. The molecule has 2 rings (SSSR count). The van der Waals surface area contributed by atoms with Crippen LogP contribution in [0.25, 0.3) is 0 Å². The zero-order chi connectivity index (χ0) is 10.7. The van der Waals surface area contributed by atoms with E-state index in [0.717, 1.165) is 10.1 Å². The van der Waals surface area contributed by atoms with E-state index in [1.165, 1.54) is 32.1 Å². The minimum atomic E-state index is 0.0347. The molecule has 4 heteroatoms. The lowest BCUT2D eigenvalue weighted by molar-refractivity contribution is 0.302. The largest absolute Gasteiger partial charge is 0.268 e. The Morgan fingerprint density at radius 2 is 2.13 bits per heavy atom.